The van der Waals surface area contributed by atoms with E-state index in [1.54, 1.807) is 24.3 Å². The van der Waals surface area contributed by atoms with Crippen LogP contribution in [0, 0.1) is 0 Å². The average molecular weight is 353 g/mol. The van der Waals surface area contributed by atoms with E-state index in [0.717, 1.165) is 26.1 Å². The fraction of sp³-hybridized carbons (Fsp3) is 0.438. The maximum atomic E-state index is 12.3. The molecule has 0 saturated carbocycles. The van der Waals surface area contributed by atoms with Crippen LogP contribution in [0.3, 0.4) is 0 Å². The van der Waals surface area contributed by atoms with Crippen LogP contribution in [0.5, 0.6) is 0 Å². The van der Waals surface area contributed by atoms with Gasteiger partial charge in [0.15, 0.2) is 0 Å². The van der Waals surface area contributed by atoms with Crippen LogP contribution < -0.4 is 16.6 Å². The van der Waals surface area contributed by atoms with Crippen molar-refractivity contribution in [3.8, 4) is 0 Å². The van der Waals surface area contributed by atoms with Crippen LogP contribution in [0.4, 0.5) is 0 Å². The molecule has 24 heavy (non-hydrogen) atoms. The maximum Gasteiger partial charge on any atom is 0.328 e. The third-order valence-electron chi connectivity index (χ3n) is 4.15. The Morgan fingerprint density at radius 2 is 1.92 bits per heavy atom. The normalized spacial score (nSPS) is 14.9. The minimum atomic E-state index is -0.473. The highest BCUT2D eigenvalue weighted by atomic mass is 35.5. The zero-order valence-corrected chi connectivity index (χ0v) is 14.1. The molecule has 1 fully saturated rings. The molecule has 1 aromatic heterocycles. The van der Waals surface area contributed by atoms with Gasteiger partial charge in [0.25, 0.3) is 5.56 Å². The highest BCUT2D eigenvalue weighted by Crippen LogP contribution is 2.08. The van der Waals surface area contributed by atoms with Gasteiger partial charge in [0.05, 0.1) is 10.9 Å². The number of para-hydroxylation sites is 1. The van der Waals surface area contributed by atoms with Gasteiger partial charge in [0, 0.05) is 32.6 Å². The Morgan fingerprint density at radius 1 is 1.12 bits per heavy atom. The monoisotopic (exact) mass is 352 g/mol. The maximum absolute atomic E-state index is 12.3. The molecule has 1 aromatic carbocycles. The molecule has 1 aliphatic heterocycles. The number of nitrogens with zero attached hydrogens (tertiary/aromatic N) is 2. The van der Waals surface area contributed by atoms with Gasteiger partial charge in [-0.25, -0.2) is 4.79 Å². The van der Waals surface area contributed by atoms with Crippen molar-refractivity contribution in [2.24, 2.45) is 0 Å². The van der Waals surface area contributed by atoms with Crippen LogP contribution in [0.1, 0.15) is 12.8 Å². The molecule has 7 nitrogen and oxygen atoms in total. The van der Waals surface area contributed by atoms with Crippen molar-refractivity contribution in [1.82, 2.24) is 19.8 Å². The molecule has 0 spiro atoms. The number of aryl methyl sites for hydroxylation is 1. The lowest BCUT2D eigenvalue weighted by Crippen LogP contribution is -2.36. The molecule has 1 amide bonds. The largest absolute Gasteiger partial charge is 0.341 e. The summed E-state index contributed by atoms with van der Waals surface area (Å²) in [4.78, 5) is 40.4. The van der Waals surface area contributed by atoms with Crippen molar-refractivity contribution < 1.29 is 4.79 Å². The summed E-state index contributed by atoms with van der Waals surface area (Å²) in [6, 6.07) is 6.93. The van der Waals surface area contributed by atoms with Crippen LogP contribution in [-0.2, 0) is 11.3 Å². The first-order valence-corrected chi connectivity index (χ1v) is 7.87. The fourth-order valence-electron chi connectivity index (χ4n) is 2.93. The van der Waals surface area contributed by atoms with E-state index in [1.165, 1.54) is 4.57 Å². The Balaban J connectivity index is 0.00000208. The lowest BCUT2D eigenvalue weighted by Gasteiger charge is -2.20. The Bertz CT molecular complexity index is 822. The molecule has 0 aliphatic carbocycles. The highest BCUT2D eigenvalue weighted by Gasteiger charge is 2.16. The van der Waals surface area contributed by atoms with Crippen LogP contribution in [0.25, 0.3) is 10.9 Å². The van der Waals surface area contributed by atoms with Gasteiger partial charge >= 0.3 is 5.69 Å². The van der Waals surface area contributed by atoms with E-state index >= 15 is 0 Å². The van der Waals surface area contributed by atoms with E-state index in [4.69, 9.17) is 0 Å². The van der Waals surface area contributed by atoms with Crippen molar-refractivity contribution in [3.05, 3.63) is 45.1 Å². The second-order valence-electron chi connectivity index (χ2n) is 5.66. The van der Waals surface area contributed by atoms with Crippen LogP contribution in [-0.4, -0.2) is 46.5 Å². The first-order chi connectivity index (χ1) is 11.2. The molecular weight excluding hydrogens is 332 g/mol. The third kappa shape index (κ3) is 3.85. The zero-order chi connectivity index (χ0) is 16.2. The number of aromatic nitrogens is 2. The predicted molar refractivity (Wildman–Crippen MR) is 94.8 cm³/mol. The summed E-state index contributed by atoms with van der Waals surface area (Å²) in [6.07, 6.45) is 1.18. The first kappa shape index (κ1) is 18.2. The van der Waals surface area contributed by atoms with E-state index in [1.807, 2.05) is 4.90 Å². The molecule has 0 unspecified atom stereocenters. The van der Waals surface area contributed by atoms with Gasteiger partial charge < -0.3 is 10.2 Å². The van der Waals surface area contributed by atoms with Gasteiger partial charge in [-0.2, -0.15) is 0 Å². The smallest absolute Gasteiger partial charge is 0.328 e. The Labute approximate surface area is 145 Å². The number of hydrogen-bond donors (Lipinski definition) is 2. The number of nitrogens with one attached hydrogen (secondary N) is 2. The molecular formula is C16H21ClN4O3. The number of aromatic amines is 1. The average Bonchev–Trinajstić information content (AvgIpc) is 2.84. The molecule has 0 atom stereocenters. The first-order valence-electron chi connectivity index (χ1n) is 7.87. The minimum absolute atomic E-state index is 0. The number of hydrogen-bond acceptors (Lipinski definition) is 4. The van der Waals surface area contributed by atoms with Crippen molar-refractivity contribution >= 4 is 29.2 Å². The van der Waals surface area contributed by atoms with Gasteiger partial charge in [-0.05, 0) is 25.1 Å². The lowest BCUT2D eigenvalue weighted by atomic mass is 10.2. The number of H-pyrrole nitrogens is 1. The summed E-state index contributed by atoms with van der Waals surface area (Å²) < 4.78 is 1.46. The molecule has 2 N–H and O–H groups in total. The molecule has 130 valence electrons. The van der Waals surface area contributed by atoms with Crippen LogP contribution in [0.15, 0.2) is 33.9 Å². The van der Waals surface area contributed by atoms with Crippen molar-refractivity contribution in [1.29, 1.82) is 0 Å². The third-order valence-corrected chi connectivity index (χ3v) is 4.15. The van der Waals surface area contributed by atoms with Gasteiger partial charge in [0.2, 0.25) is 5.91 Å². The lowest BCUT2D eigenvalue weighted by molar-refractivity contribution is -0.131. The molecule has 0 radical (unpaired) electrons. The SMILES string of the molecule is Cl.O=C(CCn1c(=O)[nH]c(=O)c2ccccc21)N1CCCNCC1. The van der Waals surface area contributed by atoms with Crippen LogP contribution in [0.2, 0.25) is 0 Å². The van der Waals surface area contributed by atoms with E-state index < -0.39 is 11.2 Å². The van der Waals surface area contributed by atoms with Gasteiger partial charge in [-0.15, -0.1) is 12.4 Å². The molecule has 1 saturated heterocycles. The van der Waals surface area contributed by atoms with E-state index in [9.17, 15) is 14.4 Å². The number of benzene rings is 1. The van der Waals surface area contributed by atoms with Gasteiger partial charge in [0.1, 0.15) is 0 Å². The molecule has 2 heterocycles. The second kappa shape index (κ2) is 8.12. The Kier molecular flexibility index (Phi) is 6.16. The molecule has 8 heteroatoms. The number of halogens is 1. The van der Waals surface area contributed by atoms with Crippen molar-refractivity contribution in [3.63, 3.8) is 0 Å². The summed E-state index contributed by atoms with van der Waals surface area (Å²) in [7, 11) is 0. The topological polar surface area (TPSA) is 87.2 Å². The number of amides is 1. The molecule has 1 aliphatic rings. The summed E-state index contributed by atoms with van der Waals surface area (Å²) in [5.41, 5.74) is -0.308. The highest BCUT2D eigenvalue weighted by molar-refractivity contribution is 5.85. The van der Waals surface area contributed by atoms with Gasteiger partial charge in [-0.1, -0.05) is 12.1 Å². The molecule has 2 aromatic rings. The zero-order valence-electron chi connectivity index (χ0n) is 13.3. The molecule has 3 rings (SSSR count). The summed E-state index contributed by atoms with van der Waals surface area (Å²) in [5, 5.41) is 3.71. The quantitative estimate of drug-likeness (QED) is 0.833. The van der Waals surface area contributed by atoms with E-state index in [0.29, 0.717) is 17.4 Å². The standard InChI is InChI=1S/C16H20N4O3.ClH/c21-14(19-9-3-7-17-8-11-19)6-10-20-13-5-2-1-4-12(13)15(22)18-16(20)23;/h1-2,4-5,17H,3,6-11H2,(H,18,22,23);1H. The number of rotatable bonds is 3. The van der Waals surface area contributed by atoms with E-state index in [-0.39, 0.29) is 31.3 Å². The molecule has 0 bridgehead atoms. The summed E-state index contributed by atoms with van der Waals surface area (Å²) in [6.45, 7) is 3.42. The Hall–Kier alpha value is -2.12. The van der Waals surface area contributed by atoms with Crippen molar-refractivity contribution in [2.75, 3.05) is 26.2 Å². The number of carbonyl (C=O) groups excluding carboxylic acids is 1. The van der Waals surface area contributed by atoms with Crippen molar-refractivity contribution in [2.45, 2.75) is 19.4 Å². The Morgan fingerprint density at radius 3 is 2.75 bits per heavy atom. The number of carbonyl (C=O) groups is 1. The fourth-order valence-corrected chi connectivity index (χ4v) is 2.93. The predicted octanol–water partition coefficient (Wildman–Crippen LogP) is 0.324. The van der Waals surface area contributed by atoms with Crippen LogP contribution >= 0.6 is 12.4 Å². The summed E-state index contributed by atoms with van der Waals surface area (Å²) in [5.74, 6) is 0.0379. The number of fused-ring (bicyclic) bond motifs is 1. The summed E-state index contributed by atoms with van der Waals surface area (Å²) >= 11 is 0. The van der Waals surface area contributed by atoms with Gasteiger partial charge in [-0.3, -0.25) is 19.1 Å². The van der Waals surface area contributed by atoms with E-state index in [2.05, 4.69) is 10.3 Å². The minimum Gasteiger partial charge on any atom is -0.341 e. The second-order valence-corrected chi connectivity index (χ2v) is 5.66.